The van der Waals surface area contributed by atoms with E-state index in [4.69, 9.17) is 17.3 Å². The summed E-state index contributed by atoms with van der Waals surface area (Å²) in [5.74, 6) is -0.688. The van der Waals surface area contributed by atoms with Crippen molar-refractivity contribution in [1.82, 2.24) is 9.97 Å². The number of rotatable bonds is 6. The van der Waals surface area contributed by atoms with Crippen molar-refractivity contribution in [3.63, 3.8) is 0 Å². The highest BCUT2D eigenvalue weighted by Crippen LogP contribution is 2.30. The largest absolute Gasteiger partial charge is 0.366 e. The van der Waals surface area contributed by atoms with Crippen molar-refractivity contribution in [2.45, 2.75) is 19.3 Å². The number of hydrogen-bond donors (Lipinski definition) is 2. The maximum atomic E-state index is 14.1. The van der Waals surface area contributed by atoms with E-state index >= 15 is 0 Å². The lowest BCUT2D eigenvalue weighted by Gasteiger charge is -2.26. The van der Waals surface area contributed by atoms with Crippen molar-refractivity contribution in [3.05, 3.63) is 76.8 Å². The molecule has 1 aromatic heterocycles. The van der Waals surface area contributed by atoms with Gasteiger partial charge in [0.2, 0.25) is 11.9 Å². The van der Waals surface area contributed by atoms with Gasteiger partial charge in [0.1, 0.15) is 5.82 Å². The van der Waals surface area contributed by atoms with E-state index in [-0.39, 0.29) is 16.5 Å². The van der Waals surface area contributed by atoms with Crippen LogP contribution < -0.4 is 11.1 Å². The summed E-state index contributed by atoms with van der Waals surface area (Å²) in [6.45, 7) is 4.70. The van der Waals surface area contributed by atoms with Crippen LogP contribution in [0.4, 0.5) is 10.3 Å². The molecule has 0 aliphatic heterocycles. The number of hydrogen-bond acceptors (Lipinski definition) is 4. The van der Waals surface area contributed by atoms with E-state index in [9.17, 15) is 9.18 Å². The zero-order chi connectivity index (χ0) is 20.3. The lowest BCUT2D eigenvalue weighted by atomic mass is 9.84. The Balaban J connectivity index is 1.76. The van der Waals surface area contributed by atoms with Crippen molar-refractivity contribution >= 4 is 23.5 Å². The minimum atomic E-state index is -0.623. The van der Waals surface area contributed by atoms with Gasteiger partial charge in [-0.25, -0.2) is 14.4 Å². The second kappa shape index (κ2) is 7.94. The zero-order valence-corrected chi connectivity index (χ0v) is 16.3. The molecule has 7 heteroatoms. The quantitative estimate of drug-likeness (QED) is 0.643. The molecule has 0 fully saturated rings. The molecular formula is C21H20ClFN4O. The minimum absolute atomic E-state index is 0.222. The molecule has 3 aromatic rings. The summed E-state index contributed by atoms with van der Waals surface area (Å²) in [4.78, 5) is 19.8. The number of nitrogens with zero attached hydrogens (tertiary/aromatic N) is 2. The maximum absolute atomic E-state index is 14.1. The van der Waals surface area contributed by atoms with Crippen LogP contribution in [0.2, 0.25) is 5.02 Å². The summed E-state index contributed by atoms with van der Waals surface area (Å²) < 4.78 is 14.1. The highest BCUT2D eigenvalue weighted by atomic mass is 35.5. The second-order valence-electron chi connectivity index (χ2n) is 7.07. The van der Waals surface area contributed by atoms with Gasteiger partial charge < -0.3 is 11.1 Å². The molecule has 0 saturated carbocycles. The molecule has 0 aliphatic carbocycles. The molecule has 28 heavy (non-hydrogen) atoms. The number of carbonyl (C=O) groups excluding carboxylic acids is 1. The van der Waals surface area contributed by atoms with Crippen LogP contribution in [0, 0.1) is 5.82 Å². The lowest BCUT2D eigenvalue weighted by molar-refractivity contribution is 0.100. The Bertz CT molecular complexity index is 1010. The van der Waals surface area contributed by atoms with Crippen LogP contribution in [0.5, 0.6) is 0 Å². The molecule has 0 spiro atoms. The van der Waals surface area contributed by atoms with Crippen LogP contribution in [-0.4, -0.2) is 22.4 Å². The Morgan fingerprint density at radius 3 is 2.50 bits per heavy atom. The molecule has 0 radical (unpaired) electrons. The Morgan fingerprint density at radius 1 is 1.18 bits per heavy atom. The van der Waals surface area contributed by atoms with Crippen LogP contribution in [-0.2, 0) is 5.41 Å². The van der Waals surface area contributed by atoms with Gasteiger partial charge in [0.25, 0.3) is 0 Å². The molecule has 0 aliphatic rings. The first kappa shape index (κ1) is 19.8. The van der Waals surface area contributed by atoms with Gasteiger partial charge in [0.05, 0.1) is 0 Å². The van der Waals surface area contributed by atoms with Gasteiger partial charge in [0, 0.05) is 46.1 Å². The molecule has 5 nitrogen and oxygen atoms in total. The Kier molecular flexibility index (Phi) is 5.61. The van der Waals surface area contributed by atoms with Crippen LogP contribution >= 0.6 is 11.6 Å². The monoisotopic (exact) mass is 398 g/mol. The number of anilines is 1. The summed E-state index contributed by atoms with van der Waals surface area (Å²) in [5.41, 5.74) is 6.93. The summed E-state index contributed by atoms with van der Waals surface area (Å²) in [7, 11) is 0. The van der Waals surface area contributed by atoms with E-state index in [0.29, 0.717) is 23.1 Å². The fraction of sp³-hybridized carbons (Fsp3) is 0.190. The Hall–Kier alpha value is -2.99. The normalized spacial score (nSPS) is 11.3. The van der Waals surface area contributed by atoms with Crippen LogP contribution in [0.25, 0.3) is 11.1 Å². The summed E-state index contributed by atoms with van der Waals surface area (Å²) in [6, 6.07) is 11.6. The lowest BCUT2D eigenvalue weighted by Crippen LogP contribution is -2.28. The maximum Gasteiger partial charge on any atom is 0.248 e. The average molecular weight is 399 g/mol. The third-order valence-electron chi connectivity index (χ3n) is 4.51. The zero-order valence-electron chi connectivity index (χ0n) is 15.5. The summed E-state index contributed by atoms with van der Waals surface area (Å²) in [5, 5.41) is 3.89. The molecule has 3 rings (SSSR count). The standard InChI is InChI=1S/C21H20ClFN4O/c1-21(2,16-5-3-4-6-17(16)22)12-27-20-25-10-14(11-26-20)15-9-13(19(24)28)7-8-18(15)23/h3-11H,12H2,1-2H3,(H2,24,28)(H,25,26,27). The Labute approximate surface area is 167 Å². The topological polar surface area (TPSA) is 80.9 Å². The number of halogens is 2. The molecular weight excluding hydrogens is 379 g/mol. The van der Waals surface area contributed by atoms with Gasteiger partial charge in [-0.3, -0.25) is 4.79 Å². The van der Waals surface area contributed by atoms with E-state index in [1.807, 2.05) is 24.3 Å². The van der Waals surface area contributed by atoms with Crippen molar-refractivity contribution in [2.75, 3.05) is 11.9 Å². The van der Waals surface area contributed by atoms with Gasteiger partial charge in [-0.2, -0.15) is 0 Å². The van der Waals surface area contributed by atoms with Crippen molar-refractivity contribution < 1.29 is 9.18 Å². The third kappa shape index (κ3) is 4.28. The highest BCUT2D eigenvalue weighted by Gasteiger charge is 2.23. The van der Waals surface area contributed by atoms with Gasteiger partial charge in [-0.15, -0.1) is 0 Å². The van der Waals surface area contributed by atoms with Crippen LogP contribution in [0.3, 0.4) is 0 Å². The van der Waals surface area contributed by atoms with Crippen LogP contribution in [0.15, 0.2) is 54.9 Å². The number of carbonyl (C=O) groups is 1. The molecule has 144 valence electrons. The van der Waals surface area contributed by atoms with E-state index < -0.39 is 11.7 Å². The molecule has 0 atom stereocenters. The van der Waals surface area contributed by atoms with Crippen molar-refractivity contribution in [2.24, 2.45) is 5.73 Å². The number of amides is 1. The smallest absolute Gasteiger partial charge is 0.248 e. The van der Waals surface area contributed by atoms with E-state index in [1.165, 1.54) is 30.6 Å². The summed E-state index contributed by atoms with van der Waals surface area (Å²) in [6.07, 6.45) is 3.00. The van der Waals surface area contributed by atoms with Crippen molar-refractivity contribution in [1.29, 1.82) is 0 Å². The van der Waals surface area contributed by atoms with Gasteiger partial charge in [-0.1, -0.05) is 43.6 Å². The number of benzene rings is 2. The van der Waals surface area contributed by atoms with E-state index in [0.717, 1.165) is 5.56 Å². The number of primary amides is 1. The first-order valence-electron chi connectivity index (χ1n) is 8.68. The highest BCUT2D eigenvalue weighted by molar-refractivity contribution is 6.31. The third-order valence-corrected chi connectivity index (χ3v) is 4.83. The second-order valence-corrected chi connectivity index (χ2v) is 7.48. The summed E-state index contributed by atoms with van der Waals surface area (Å²) >= 11 is 6.30. The minimum Gasteiger partial charge on any atom is -0.366 e. The fourth-order valence-corrected chi connectivity index (χ4v) is 3.26. The molecule has 1 heterocycles. The number of nitrogens with one attached hydrogen (secondary N) is 1. The molecule has 0 saturated heterocycles. The first-order valence-corrected chi connectivity index (χ1v) is 9.06. The van der Waals surface area contributed by atoms with Crippen LogP contribution in [0.1, 0.15) is 29.8 Å². The SMILES string of the molecule is CC(C)(CNc1ncc(-c2cc(C(N)=O)ccc2F)cn1)c1ccccc1Cl. The predicted octanol–water partition coefficient (Wildman–Crippen LogP) is 4.42. The Morgan fingerprint density at radius 2 is 1.86 bits per heavy atom. The number of aromatic nitrogens is 2. The van der Waals surface area contributed by atoms with E-state index in [1.54, 1.807) is 0 Å². The first-order chi connectivity index (χ1) is 13.3. The molecule has 3 N–H and O–H groups in total. The van der Waals surface area contributed by atoms with Gasteiger partial charge in [-0.05, 0) is 29.8 Å². The molecule has 1 amide bonds. The average Bonchev–Trinajstić information content (AvgIpc) is 2.67. The fourth-order valence-electron chi connectivity index (χ4n) is 2.86. The number of nitrogens with two attached hydrogens (primary N) is 1. The van der Waals surface area contributed by atoms with Gasteiger partial charge in [0.15, 0.2) is 0 Å². The molecule has 2 aromatic carbocycles. The molecule has 0 bridgehead atoms. The van der Waals surface area contributed by atoms with E-state index in [2.05, 4.69) is 29.1 Å². The van der Waals surface area contributed by atoms with Gasteiger partial charge >= 0.3 is 0 Å². The molecule has 0 unspecified atom stereocenters. The predicted molar refractivity (Wildman–Crippen MR) is 109 cm³/mol. The van der Waals surface area contributed by atoms with Crippen molar-refractivity contribution in [3.8, 4) is 11.1 Å².